The predicted octanol–water partition coefficient (Wildman–Crippen LogP) is 2.88. The maximum absolute atomic E-state index is 13.4. The second-order valence-electron chi connectivity index (χ2n) is 4.17. The van der Waals surface area contributed by atoms with Gasteiger partial charge in [-0.15, -0.1) is 11.3 Å². The van der Waals surface area contributed by atoms with Crippen LogP contribution in [-0.2, 0) is 0 Å². The Hall–Kier alpha value is -1.79. The standard InChI is InChI=1S/C14H13F2NO2S/c15-9-3-1-4-10(16)13(9)14(19)17-7-6-11(18)12-5-2-8-20-12/h1-5,8,11,18H,6-7H2,(H,17,19)/t11-/m1/s1. The van der Waals surface area contributed by atoms with E-state index in [1.165, 1.54) is 17.4 Å². The summed E-state index contributed by atoms with van der Waals surface area (Å²) in [4.78, 5) is 12.5. The molecule has 2 N–H and O–H groups in total. The zero-order valence-electron chi connectivity index (χ0n) is 10.5. The number of aliphatic hydroxyl groups excluding tert-OH is 1. The van der Waals surface area contributed by atoms with Crippen molar-refractivity contribution in [3.8, 4) is 0 Å². The number of amides is 1. The van der Waals surface area contributed by atoms with Crippen molar-refractivity contribution in [2.24, 2.45) is 0 Å². The van der Waals surface area contributed by atoms with E-state index in [1.807, 2.05) is 11.4 Å². The minimum absolute atomic E-state index is 0.131. The van der Waals surface area contributed by atoms with Gasteiger partial charge in [-0.1, -0.05) is 12.1 Å². The van der Waals surface area contributed by atoms with Gasteiger partial charge in [-0.3, -0.25) is 4.79 Å². The molecule has 0 spiro atoms. The zero-order valence-corrected chi connectivity index (χ0v) is 11.3. The highest BCUT2D eigenvalue weighted by Gasteiger charge is 2.17. The lowest BCUT2D eigenvalue weighted by Crippen LogP contribution is -2.27. The van der Waals surface area contributed by atoms with Gasteiger partial charge in [0.2, 0.25) is 0 Å². The normalized spacial score (nSPS) is 12.2. The SMILES string of the molecule is O=C(NCC[C@@H](O)c1cccs1)c1c(F)cccc1F. The van der Waals surface area contributed by atoms with E-state index in [0.29, 0.717) is 0 Å². The van der Waals surface area contributed by atoms with Crippen molar-refractivity contribution in [3.05, 3.63) is 57.8 Å². The summed E-state index contributed by atoms with van der Waals surface area (Å²) in [6, 6.07) is 6.85. The first-order chi connectivity index (χ1) is 9.59. The third-order valence-electron chi connectivity index (χ3n) is 2.76. The first-order valence-corrected chi connectivity index (χ1v) is 6.91. The van der Waals surface area contributed by atoms with Crippen LogP contribution < -0.4 is 5.32 Å². The molecule has 2 aromatic rings. The van der Waals surface area contributed by atoms with Gasteiger partial charge in [0.05, 0.1) is 6.10 Å². The molecule has 1 aromatic heterocycles. The van der Waals surface area contributed by atoms with Crippen LogP contribution in [0.2, 0.25) is 0 Å². The van der Waals surface area contributed by atoms with Crippen molar-refractivity contribution in [3.63, 3.8) is 0 Å². The summed E-state index contributed by atoms with van der Waals surface area (Å²) in [5.41, 5.74) is -0.599. The molecule has 1 heterocycles. The Morgan fingerprint density at radius 1 is 1.25 bits per heavy atom. The summed E-state index contributed by atoms with van der Waals surface area (Å²) in [6.45, 7) is 0.131. The minimum atomic E-state index is -0.902. The molecule has 2 rings (SSSR count). The Labute approximate surface area is 118 Å². The summed E-state index contributed by atoms with van der Waals surface area (Å²) in [5.74, 6) is -2.62. The molecule has 0 bridgehead atoms. The molecule has 0 fully saturated rings. The topological polar surface area (TPSA) is 49.3 Å². The quantitative estimate of drug-likeness (QED) is 0.891. The lowest BCUT2D eigenvalue weighted by molar-refractivity contribution is 0.0935. The van der Waals surface area contributed by atoms with E-state index >= 15 is 0 Å². The number of benzene rings is 1. The monoisotopic (exact) mass is 297 g/mol. The van der Waals surface area contributed by atoms with Crippen molar-refractivity contribution >= 4 is 17.2 Å². The van der Waals surface area contributed by atoms with E-state index in [4.69, 9.17) is 0 Å². The Morgan fingerprint density at radius 2 is 1.95 bits per heavy atom. The Morgan fingerprint density at radius 3 is 2.55 bits per heavy atom. The molecule has 0 aliphatic carbocycles. The van der Waals surface area contributed by atoms with Crippen LogP contribution in [0.3, 0.4) is 0 Å². The molecular formula is C14H13F2NO2S. The lowest BCUT2D eigenvalue weighted by atomic mass is 10.1. The summed E-state index contributed by atoms with van der Waals surface area (Å²) < 4.78 is 26.7. The lowest BCUT2D eigenvalue weighted by Gasteiger charge is -2.10. The highest BCUT2D eigenvalue weighted by atomic mass is 32.1. The molecule has 106 valence electrons. The van der Waals surface area contributed by atoms with Gasteiger partial charge in [0.1, 0.15) is 17.2 Å². The van der Waals surface area contributed by atoms with E-state index < -0.39 is 29.2 Å². The first kappa shape index (κ1) is 14.6. The summed E-state index contributed by atoms with van der Waals surface area (Å²) >= 11 is 1.41. The highest BCUT2D eigenvalue weighted by Crippen LogP contribution is 2.21. The maximum Gasteiger partial charge on any atom is 0.257 e. The van der Waals surface area contributed by atoms with E-state index in [2.05, 4.69) is 5.32 Å². The summed E-state index contributed by atoms with van der Waals surface area (Å²) in [6.07, 6.45) is -0.414. The van der Waals surface area contributed by atoms with E-state index in [0.717, 1.165) is 17.0 Å². The fourth-order valence-electron chi connectivity index (χ4n) is 1.75. The molecule has 1 amide bonds. The summed E-state index contributed by atoms with van der Waals surface area (Å²) in [5, 5.41) is 14.1. The average Bonchev–Trinajstić information content (AvgIpc) is 2.92. The van der Waals surface area contributed by atoms with Crippen LogP contribution in [0.5, 0.6) is 0 Å². The number of nitrogens with one attached hydrogen (secondary N) is 1. The second-order valence-corrected chi connectivity index (χ2v) is 5.15. The van der Waals surface area contributed by atoms with Crippen molar-refractivity contribution in [2.45, 2.75) is 12.5 Å². The fraction of sp³-hybridized carbons (Fsp3) is 0.214. The molecule has 0 aliphatic rings. The van der Waals surface area contributed by atoms with Gasteiger partial charge >= 0.3 is 0 Å². The van der Waals surface area contributed by atoms with E-state index in [9.17, 15) is 18.7 Å². The minimum Gasteiger partial charge on any atom is -0.388 e. The molecule has 0 saturated carbocycles. The number of carbonyl (C=O) groups is 1. The van der Waals surface area contributed by atoms with Gasteiger partial charge in [-0.2, -0.15) is 0 Å². The molecule has 3 nitrogen and oxygen atoms in total. The van der Waals surface area contributed by atoms with E-state index in [-0.39, 0.29) is 13.0 Å². The molecule has 20 heavy (non-hydrogen) atoms. The van der Waals surface area contributed by atoms with Crippen molar-refractivity contribution < 1.29 is 18.7 Å². The number of rotatable bonds is 5. The van der Waals surface area contributed by atoms with E-state index in [1.54, 1.807) is 6.07 Å². The van der Waals surface area contributed by atoms with Gasteiger partial charge in [-0.25, -0.2) is 8.78 Å². The fourth-order valence-corrected chi connectivity index (χ4v) is 2.50. The number of hydrogen-bond acceptors (Lipinski definition) is 3. The number of halogens is 2. The van der Waals surface area contributed by atoms with Crippen LogP contribution in [0.1, 0.15) is 27.8 Å². The molecule has 0 saturated heterocycles. The molecule has 1 aromatic carbocycles. The van der Waals surface area contributed by atoms with Crippen LogP contribution in [0.4, 0.5) is 8.78 Å². The number of hydrogen-bond donors (Lipinski definition) is 2. The van der Waals surface area contributed by atoms with Gasteiger partial charge in [-0.05, 0) is 30.0 Å². The third kappa shape index (κ3) is 3.40. The van der Waals surface area contributed by atoms with Gasteiger partial charge in [0.15, 0.2) is 0 Å². The van der Waals surface area contributed by atoms with Crippen LogP contribution >= 0.6 is 11.3 Å². The molecule has 0 aliphatic heterocycles. The van der Waals surface area contributed by atoms with Crippen LogP contribution in [0.15, 0.2) is 35.7 Å². The summed E-state index contributed by atoms with van der Waals surface area (Å²) in [7, 11) is 0. The average molecular weight is 297 g/mol. The van der Waals surface area contributed by atoms with Crippen LogP contribution in [-0.4, -0.2) is 17.6 Å². The second kappa shape index (κ2) is 6.58. The van der Waals surface area contributed by atoms with Crippen molar-refractivity contribution in [2.75, 3.05) is 6.54 Å². The van der Waals surface area contributed by atoms with Gasteiger partial charge in [0.25, 0.3) is 5.91 Å². The smallest absolute Gasteiger partial charge is 0.257 e. The highest BCUT2D eigenvalue weighted by molar-refractivity contribution is 7.10. The number of aliphatic hydroxyl groups is 1. The van der Waals surface area contributed by atoms with Crippen molar-refractivity contribution in [1.29, 1.82) is 0 Å². The van der Waals surface area contributed by atoms with Gasteiger partial charge < -0.3 is 10.4 Å². The number of thiophene rings is 1. The maximum atomic E-state index is 13.4. The molecular weight excluding hydrogens is 284 g/mol. The Bertz CT molecular complexity index is 567. The Balaban J connectivity index is 1.90. The van der Waals surface area contributed by atoms with Crippen LogP contribution in [0, 0.1) is 11.6 Å². The molecule has 0 unspecified atom stereocenters. The Kier molecular flexibility index (Phi) is 4.81. The largest absolute Gasteiger partial charge is 0.388 e. The molecule has 0 radical (unpaired) electrons. The number of carbonyl (C=O) groups excluding carboxylic acids is 1. The van der Waals surface area contributed by atoms with Crippen molar-refractivity contribution in [1.82, 2.24) is 5.32 Å². The van der Waals surface area contributed by atoms with Gasteiger partial charge in [0, 0.05) is 11.4 Å². The van der Waals surface area contributed by atoms with Crippen LogP contribution in [0.25, 0.3) is 0 Å². The third-order valence-corrected chi connectivity index (χ3v) is 3.74. The predicted molar refractivity (Wildman–Crippen MR) is 72.6 cm³/mol. The molecule has 1 atom stereocenters. The zero-order chi connectivity index (χ0) is 14.5. The first-order valence-electron chi connectivity index (χ1n) is 6.03. The molecule has 6 heteroatoms.